The summed E-state index contributed by atoms with van der Waals surface area (Å²) < 4.78 is 12.1. The number of benzene rings is 1. The molecule has 1 aliphatic carbocycles. The summed E-state index contributed by atoms with van der Waals surface area (Å²) in [5, 5.41) is 0. The average molecular weight is 326 g/mol. The molecule has 0 bridgehead atoms. The molecule has 1 atom stereocenters. The molecule has 2 aliphatic heterocycles. The fourth-order valence-electron chi connectivity index (χ4n) is 4.78. The first kappa shape index (κ1) is 15.9. The summed E-state index contributed by atoms with van der Waals surface area (Å²) in [4.78, 5) is 12.7. The molecule has 1 saturated carbocycles. The largest absolute Gasteiger partial charge is 0.425 e. The van der Waals surface area contributed by atoms with Gasteiger partial charge in [-0.2, -0.15) is 0 Å². The van der Waals surface area contributed by atoms with Crippen LogP contribution in [0.2, 0.25) is 0 Å². The van der Waals surface area contributed by atoms with E-state index in [1.54, 1.807) is 0 Å². The Morgan fingerprint density at radius 1 is 1.08 bits per heavy atom. The molecule has 4 rings (SSSR count). The minimum atomic E-state index is -0.802. The maximum atomic E-state index is 12.7. The Morgan fingerprint density at radius 3 is 2.46 bits per heavy atom. The maximum Gasteiger partial charge on any atom is 0.341 e. The van der Waals surface area contributed by atoms with Gasteiger partial charge in [0.25, 0.3) is 0 Å². The zero-order chi connectivity index (χ0) is 16.8. The van der Waals surface area contributed by atoms with Gasteiger partial charge in [-0.05, 0) is 31.7 Å². The Labute approximate surface area is 144 Å². The van der Waals surface area contributed by atoms with E-state index in [0.717, 1.165) is 36.2 Å². The second kappa shape index (κ2) is 5.73. The van der Waals surface area contributed by atoms with E-state index in [4.69, 9.17) is 9.47 Å². The normalized spacial score (nSPS) is 28.8. The highest BCUT2D eigenvalue weighted by atomic mass is 16.7. The van der Waals surface area contributed by atoms with Crippen molar-refractivity contribution in [3.05, 3.63) is 41.0 Å². The molecule has 3 heteroatoms. The van der Waals surface area contributed by atoms with Crippen LogP contribution < -0.4 is 0 Å². The van der Waals surface area contributed by atoms with Crippen molar-refractivity contribution in [1.82, 2.24) is 0 Å². The molecule has 2 fully saturated rings. The standard InChI is InChI=1S/C21H26O3/c1-3-17-18(16-9-7-15(2)8-10-16)19(22)24-21(17)13-20(14-23-21)11-5-4-6-12-20/h7-10H,3-6,11-14H2,1-2H3. The number of ether oxygens (including phenoxy) is 2. The summed E-state index contributed by atoms with van der Waals surface area (Å²) in [6.07, 6.45) is 7.87. The molecule has 1 aromatic rings. The van der Waals surface area contributed by atoms with Crippen LogP contribution in [0.5, 0.6) is 0 Å². The van der Waals surface area contributed by atoms with Crippen LogP contribution in [0.4, 0.5) is 0 Å². The van der Waals surface area contributed by atoms with Gasteiger partial charge in [0.1, 0.15) is 0 Å². The van der Waals surface area contributed by atoms with Gasteiger partial charge in [0.15, 0.2) is 0 Å². The van der Waals surface area contributed by atoms with E-state index < -0.39 is 5.79 Å². The van der Waals surface area contributed by atoms with Crippen molar-refractivity contribution in [3.63, 3.8) is 0 Å². The third kappa shape index (κ3) is 2.41. The molecule has 0 aromatic heterocycles. The van der Waals surface area contributed by atoms with Gasteiger partial charge in [0, 0.05) is 17.4 Å². The molecular formula is C21H26O3. The summed E-state index contributed by atoms with van der Waals surface area (Å²) in [5.74, 6) is -1.02. The van der Waals surface area contributed by atoms with Gasteiger partial charge in [0.05, 0.1) is 12.2 Å². The van der Waals surface area contributed by atoms with E-state index in [0.29, 0.717) is 0 Å². The van der Waals surface area contributed by atoms with Gasteiger partial charge >= 0.3 is 5.97 Å². The number of hydrogen-bond donors (Lipinski definition) is 0. The molecular weight excluding hydrogens is 300 g/mol. The van der Waals surface area contributed by atoms with Crippen molar-refractivity contribution in [2.24, 2.45) is 5.41 Å². The second-order valence-corrected chi connectivity index (χ2v) is 7.74. The summed E-state index contributed by atoms with van der Waals surface area (Å²) >= 11 is 0. The Bertz CT molecular complexity index is 680. The van der Waals surface area contributed by atoms with Crippen molar-refractivity contribution in [2.45, 2.75) is 64.6 Å². The molecule has 2 heterocycles. The summed E-state index contributed by atoms with van der Waals surface area (Å²) in [5.41, 5.74) is 4.12. The second-order valence-electron chi connectivity index (χ2n) is 7.74. The summed E-state index contributed by atoms with van der Waals surface area (Å²) in [6, 6.07) is 8.13. The summed E-state index contributed by atoms with van der Waals surface area (Å²) in [7, 11) is 0. The molecule has 0 amide bonds. The lowest BCUT2D eigenvalue weighted by Gasteiger charge is -2.33. The zero-order valence-electron chi connectivity index (χ0n) is 14.7. The first-order valence-corrected chi connectivity index (χ1v) is 9.25. The SMILES string of the molecule is CCC1=C(c2ccc(C)cc2)C(=O)OC12CC1(CCCCC1)CO2. The average Bonchev–Trinajstić information content (AvgIpc) is 3.06. The number of carbonyl (C=O) groups is 1. The maximum absolute atomic E-state index is 12.7. The molecule has 1 saturated heterocycles. The van der Waals surface area contributed by atoms with Crippen LogP contribution in [-0.2, 0) is 14.3 Å². The van der Waals surface area contributed by atoms with Crippen molar-refractivity contribution in [2.75, 3.05) is 6.61 Å². The molecule has 2 spiro atoms. The predicted molar refractivity (Wildman–Crippen MR) is 93.3 cm³/mol. The molecule has 24 heavy (non-hydrogen) atoms. The Balaban J connectivity index is 1.72. The number of aryl methyl sites for hydroxylation is 1. The number of carbonyl (C=O) groups excluding carboxylic acids is 1. The highest BCUT2D eigenvalue weighted by molar-refractivity contribution is 6.20. The lowest BCUT2D eigenvalue weighted by atomic mass is 9.71. The van der Waals surface area contributed by atoms with Gasteiger partial charge in [-0.15, -0.1) is 0 Å². The van der Waals surface area contributed by atoms with E-state index in [9.17, 15) is 4.79 Å². The van der Waals surface area contributed by atoms with E-state index >= 15 is 0 Å². The van der Waals surface area contributed by atoms with E-state index in [1.807, 2.05) is 24.3 Å². The molecule has 0 radical (unpaired) electrons. The highest BCUT2D eigenvalue weighted by Gasteiger charge is 2.58. The predicted octanol–water partition coefficient (Wildman–Crippen LogP) is 4.78. The number of rotatable bonds is 2. The lowest BCUT2D eigenvalue weighted by molar-refractivity contribution is -0.185. The van der Waals surface area contributed by atoms with E-state index in [-0.39, 0.29) is 11.4 Å². The molecule has 1 unspecified atom stereocenters. The van der Waals surface area contributed by atoms with Crippen molar-refractivity contribution in [1.29, 1.82) is 0 Å². The fraction of sp³-hybridized carbons (Fsp3) is 0.571. The Morgan fingerprint density at radius 2 is 1.79 bits per heavy atom. The molecule has 3 aliphatic rings. The summed E-state index contributed by atoms with van der Waals surface area (Å²) in [6.45, 7) is 4.88. The van der Waals surface area contributed by atoms with Crippen molar-refractivity contribution in [3.8, 4) is 0 Å². The minimum Gasteiger partial charge on any atom is -0.425 e. The minimum absolute atomic E-state index is 0.210. The van der Waals surface area contributed by atoms with Gasteiger partial charge < -0.3 is 9.47 Å². The van der Waals surface area contributed by atoms with E-state index in [2.05, 4.69) is 13.8 Å². The van der Waals surface area contributed by atoms with Crippen LogP contribution in [0.1, 0.15) is 63.0 Å². The smallest absolute Gasteiger partial charge is 0.341 e. The fourth-order valence-corrected chi connectivity index (χ4v) is 4.78. The first-order valence-electron chi connectivity index (χ1n) is 9.25. The zero-order valence-corrected chi connectivity index (χ0v) is 14.7. The van der Waals surface area contributed by atoms with Crippen molar-refractivity contribution >= 4 is 11.5 Å². The van der Waals surface area contributed by atoms with Crippen LogP contribution in [0.25, 0.3) is 5.57 Å². The van der Waals surface area contributed by atoms with Crippen LogP contribution in [-0.4, -0.2) is 18.4 Å². The third-order valence-electron chi connectivity index (χ3n) is 6.05. The van der Waals surface area contributed by atoms with Gasteiger partial charge in [-0.3, -0.25) is 0 Å². The number of esters is 1. The Hall–Kier alpha value is -1.61. The Kier molecular flexibility index (Phi) is 3.80. The lowest BCUT2D eigenvalue weighted by Crippen LogP contribution is -2.33. The first-order chi connectivity index (χ1) is 11.6. The van der Waals surface area contributed by atoms with Crippen LogP contribution >= 0.6 is 0 Å². The van der Waals surface area contributed by atoms with Gasteiger partial charge in [-0.25, -0.2) is 4.79 Å². The monoisotopic (exact) mass is 326 g/mol. The molecule has 3 nitrogen and oxygen atoms in total. The molecule has 1 aromatic carbocycles. The quantitative estimate of drug-likeness (QED) is 0.734. The third-order valence-corrected chi connectivity index (χ3v) is 6.05. The van der Waals surface area contributed by atoms with Crippen molar-refractivity contribution < 1.29 is 14.3 Å². The van der Waals surface area contributed by atoms with E-state index in [1.165, 1.54) is 37.7 Å². The van der Waals surface area contributed by atoms with Gasteiger partial charge in [0.2, 0.25) is 5.79 Å². The van der Waals surface area contributed by atoms with Crippen LogP contribution in [0.3, 0.4) is 0 Å². The molecule has 128 valence electrons. The van der Waals surface area contributed by atoms with Crippen LogP contribution in [0.15, 0.2) is 29.8 Å². The molecule has 0 N–H and O–H groups in total. The topological polar surface area (TPSA) is 35.5 Å². The van der Waals surface area contributed by atoms with Gasteiger partial charge in [-0.1, -0.05) is 56.0 Å². The highest BCUT2D eigenvalue weighted by Crippen LogP contribution is 2.55. The number of hydrogen-bond acceptors (Lipinski definition) is 3. The van der Waals surface area contributed by atoms with Crippen LogP contribution in [0, 0.1) is 12.3 Å².